The van der Waals surface area contributed by atoms with E-state index in [0.29, 0.717) is 24.1 Å². The van der Waals surface area contributed by atoms with Crippen LogP contribution in [0.5, 0.6) is 0 Å². The standard InChI is InChI=1S/C49H100NO7P/c1-6-8-10-12-14-16-18-20-22-24-25-26-27-29-31-33-35-37-39-41-44-54-46-48(47-56-58(52,53)55-45-43-50(3,4)5)57-49(51)42-40-38-36-34-32-30-28-23-21-19-17-15-13-11-9-7-2/h48H,6-47H2,1-5H3/p+1/t48-/m1/s1. The molecular formula is C49H101NO7P+. The summed E-state index contributed by atoms with van der Waals surface area (Å²) in [4.78, 5) is 23.0. The second kappa shape index (κ2) is 43.2. The van der Waals surface area contributed by atoms with Gasteiger partial charge in [-0.3, -0.25) is 13.8 Å². The van der Waals surface area contributed by atoms with Gasteiger partial charge in [0.15, 0.2) is 0 Å². The molecule has 58 heavy (non-hydrogen) atoms. The average molecular weight is 847 g/mol. The van der Waals surface area contributed by atoms with Gasteiger partial charge >= 0.3 is 13.8 Å². The van der Waals surface area contributed by atoms with Crippen LogP contribution in [0.25, 0.3) is 0 Å². The van der Waals surface area contributed by atoms with Crippen LogP contribution in [0.4, 0.5) is 0 Å². The first-order chi connectivity index (χ1) is 28.1. The van der Waals surface area contributed by atoms with E-state index < -0.39 is 13.9 Å². The number of ether oxygens (including phenoxy) is 2. The molecule has 0 aromatic heterocycles. The minimum Gasteiger partial charge on any atom is -0.457 e. The molecule has 0 bridgehead atoms. The molecule has 8 nitrogen and oxygen atoms in total. The van der Waals surface area contributed by atoms with Crippen molar-refractivity contribution >= 4 is 13.8 Å². The first kappa shape index (κ1) is 57.5. The number of rotatable bonds is 48. The van der Waals surface area contributed by atoms with E-state index in [2.05, 4.69) is 13.8 Å². The van der Waals surface area contributed by atoms with E-state index in [0.717, 1.165) is 32.1 Å². The Bertz CT molecular complexity index is 899. The van der Waals surface area contributed by atoms with Crippen molar-refractivity contribution in [3.05, 3.63) is 0 Å². The molecule has 0 aliphatic rings. The monoisotopic (exact) mass is 847 g/mol. The van der Waals surface area contributed by atoms with Crippen LogP contribution in [0.2, 0.25) is 0 Å². The van der Waals surface area contributed by atoms with E-state index in [1.165, 1.54) is 199 Å². The first-order valence-electron chi connectivity index (χ1n) is 25.3. The number of esters is 1. The number of nitrogens with zero attached hydrogens (tertiary/aromatic N) is 1. The lowest BCUT2D eigenvalue weighted by Crippen LogP contribution is -2.37. The van der Waals surface area contributed by atoms with E-state index in [9.17, 15) is 14.3 Å². The molecule has 0 heterocycles. The molecule has 0 saturated carbocycles. The summed E-state index contributed by atoms with van der Waals surface area (Å²) in [6.45, 7) is 5.70. The van der Waals surface area contributed by atoms with Crippen molar-refractivity contribution in [2.24, 2.45) is 0 Å². The summed E-state index contributed by atoms with van der Waals surface area (Å²) in [6.07, 6.45) is 47.1. The highest BCUT2D eigenvalue weighted by Gasteiger charge is 2.26. The molecule has 0 aromatic carbocycles. The topological polar surface area (TPSA) is 91.3 Å². The lowest BCUT2D eigenvalue weighted by molar-refractivity contribution is -0.870. The SMILES string of the molecule is CCCCCCCCCCCCCCCCCCCCCCOC[C@H](COP(=O)(O)OCC[N+](C)(C)C)OC(=O)CCCCCCCCCCCCCCCCCC. The summed E-state index contributed by atoms with van der Waals surface area (Å²) >= 11 is 0. The highest BCUT2D eigenvalue weighted by molar-refractivity contribution is 7.47. The molecule has 1 unspecified atom stereocenters. The van der Waals surface area contributed by atoms with E-state index in [1.807, 2.05) is 21.1 Å². The minimum absolute atomic E-state index is 0.0942. The Hall–Kier alpha value is -0.500. The average Bonchev–Trinajstić information content (AvgIpc) is 3.18. The summed E-state index contributed by atoms with van der Waals surface area (Å²) in [6, 6.07) is 0. The molecule has 0 amide bonds. The second-order valence-electron chi connectivity index (χ2n) is 18.6. The zero-order valence-electron chi connectivity index (χ0n) is 39.6. The Morgan fingerprint density at radius 3 is 1.14 bits per heavy atom. The van der Waals surface area contributed by atoms with Gasteiger partial charge in [0, 0.05) is 13.0 Å². The van der Waals surface area contributed by atoms with Gasteiger partial charge in [-0.05, 0) is 12.8 Å². The lowest BCUT2D eigenvalue weighted by atomic mass is 10.0. The maximum absolute atomic E-state index is 12.7. The van der Waals surface area contributed by atoms with Crippen molar-refractivity contribution in [1.29, 1.82) is 0 Å². The molecule has 9 heteroatoms. The molecule has 0 aliphatic heterocycles. The van der Waals surface area contributed by atoms with Crippen molar-refractivity contribution < 1.29 is 37.3 Å². The van der Waals surface area contributed by atoms with Crippen molar-refractivity contribution in [3.8, 4) is 0 Å². The van der Waals surface area contributed by atoms with Crippen LogP contribution in [0.1, 0.15) is 251 Å². The lowest BCUT2D eigenvalue weighted by Gasteiger charge is -2.24. The Labute approximate surface area is 361 Å². The fourth-order valence-corrected chi connectivity index (χ4v) is 8.24. The predicted molar refractivity (Wildman–Crippen MR) is 248 cm³/mol. The smallest absolute Gasteiger partial charge is 0.457 e. The molecule has 0 radical (unpaired) electrons. The predicted octanol–water partition coefficient (Wildman–Crippen LogP) is 15.2. The Balaban J connectivity index is 4.09. The van der Waals surface area contributed by atoms with Crippen molar-refractivity contribution in [1.82, 2.24) is 0 Å². The molecule has 0 rings (SSSR count). The number of carbonyl (C=O) groups is 1. The Morgan fingerprint density at radius 2 is 0.793 bits per heavy atom. The Morgan fingerprint density at radius 1 is 0.466 bits per heavy atom. The normalized spacial score (nSPS) is 13.6. The van der Waals surface area contributed by atoms with Crippen LogP contribution in [0.3, 0.4) is 0 Å². The van der Waals surface area contributed by atoms with Crippen molar-refractivity contribution in [2.75, 3.05) is 54.1 Å². The van der Waals surface area contributed by atoms with Crippen molar-refractivity contribution in [3.63, 3.8) is 0 Å². The summed E-state index contributed by atoms with van der Waals surface area (Å²) in [5.41, 5.74) is 0. The molecule has 1 N–H and O–H groups in total. The number of unbranched alkanes of at least 4 members (excludes halogenated alkanes) is 34. The van der Waals surface area contributed by atoms with Crippen LogP contribution in [0, 0.1) is 0 Å². The molecular weight excluding hydrogens is 746 g/mol. The van der Waals surface area contributed by atoms with Crippen LogP contribution < -0.4 is 0 Å². The minimum atomic E-state index is -4.27. The molecule has 0 saturated heterocycles. The maximum Gasteiger partial charge on any atom is 0.472 e. The third-order valence-corrected chi connectivity index (χ3v) is 12.4. The third kappa shape index (κ3) is 46.6. The van der Waals surface area contributed by atoms with E-state index in [4.69, 9.17) is 18.5 Å². The van der Waals surface area contributed by atoms with Crippen LogP contribution >= 0.6 is 7.82 Å². The number of hydrogen-bond donors (Lipinski definition) is 1. The number of hydrogen-bond acceptors (Lipinski definition) is 6. The van der Waals surface area contributed by atoms with Gasteiger partial charge in [0.05, 0.1) is 34.4 Å². The highest BCUT2D eigenvalue weighted by Crippen LogP contribution is 2.43. The zero-order chi connectivity index (χ0) is 42.7. The van der Waals surface area contributed by atoms with Crippen LogP contribution in [-0.4, -0.2) is 75.6 Å². The zero-order valence-corrected chi connectivity index (χ0v) is 40.5. The van der Waals surface area contributed by atoms with Gasteiger partial charge in [0.1, 0.15) is 19.3 Å². The van der Waals surface area contributed by atoms with E-state index in [1.54, 1.807) is 0 Å². The summed E-state index contributed by atoms with van der Waals surface area (Å²) in [7, 11) is 1.69. The van der Waals surface area contributed by atoms with Crippen LogP contribution in [-0.2, 0) is 27.9 Å². The van der Waals surface area contributed by atoms with Gasteiger partial charge in [-0.25, -0.2) is 4.57 Å². The third-order valence-electron chi connectivity index (χ3n) is 11.4. The molecule has 0 spiro atoms. The van der Waals surface area contributed by atoms with Gasteiger partial charge in [-0.1, -0.05) is 232 Å². The van der Waals surface area contributed by atoms with Gasteiger partial charge in [0.2, 0.25) is 0 Å². The summed E-state index contributed by atoms with van der Waals surface area (Å²) in [5, 5.41) is 0. The molecule has 0 aliphatic carbocycles. The van der Waals surface area contributed by atoms with Crippen molar-refractivity contribution in [2.45, 2.75) is 258 Å². The van der Waals surface area contributed by atoms with Gasteiger partial charge in [-0.2, -0.15) is 0 Å². The van der Waals surface area contributed by atoms with Gasteiger partial charge < -0.3 is 18.9 Å². The summed E-state index contributed by atoms with van der Waals surface area (Å²) in [5.74, 6) is -0.305. The molecule has 2 atom stereocenters. The van der Waals surface area contributed by atoms with E-state index >= 15 is 0 Å². The fraction of sp³-hybridized carbons (Fsp3) is 0.980. The largest absolute Gasteiger partial charge is 0.472 e. The second-order valence-corrected chi connectivity index (χ2v) is 20.0. The quantitative estimate of drug-likeness (QED) is 0.0282. The van der Waals surface area contributed by atoms with E-state index in [-0.39, 0.29) is 25.8 Å². The number of quaternary nitrogens is 1. The highest BCUT2D eigenvalue weighted by atomic mass is 31.2. The summed E-state index contributed by atoms with van der Waals surface area (Å²) < 4.78 is 35.1. The number of phosphoric acid groups is 1. The number of likely N-dealkylation sites (N-methyl/N-ethyl adjacent to an activating group) is 1. The fourth-order valence-electron chi connectivity index (χ4n) is 7.50. The first-order valence-corrected chi connectivity index (χ1v) is 26.8. The van der Waals surface area contributed by atoms with Gasteiger partial charge in [-0.15, -0.1) is 0 Å². The number of phosphoric ester groups is 1. The van der Waals surface area contributed by atoms with Gasteiger partial charge in [0.25, 0.3) is 0 Å². The maximum atomic E-state index is 12.7. The molecule has 0 fully saturated rings. The Kier molecular flexibility index (Phi) is 42.8. The van der Waals surface area contributed by atoms with Crippen LogP contribution in [0.15, 0.2) is 0 Å². The number of carbonyl (C=O) groups excluding carboxylic acids is 1. The molecule has 348 valence electrons. The molecule has 0 aromatic rings.